The monoisotopic (exact) mass is 213 g/mol. The Labute approximate surface area is 75.9 Å². The van der Waals surface area contributed by atoms with E-state index in [9.17, 15) is 0 Å². The highest BCUT2D eigenvalue weighted by Gasteiger charge is 1.90. The zero-order chi connectivity index (χ0) is 8.10. The van der Waals surface area contributed by atoms with E-state index in [2.05, 4.69) is 52.4 Å². The molecular formula is C9H12BrN. The second kappa shape index (κ2) is 4.52. The molecule has 1 N–H and O–H groups in total. The third-order valence-corrected chi connectivity index (χ3v) is 1.90. The molecule has 0 heterocycles. The van der Waals surface area contributed by atoms with Gasteiger partial charge in [0.25, 0.3) is 0 Å². The zero-order valence-corrected chi connectivity index (χ0v) is 8.19. The molecule has 0 spiro atoms. The normalized spacial score (nSPS) is 10.0. The number of hydrogen-bond acceptors (Lipinski definition) is 1. The Hall–Kier alpha value is -0.340. The smallest absolute Gasteiger partial charge is 0.0519 e. The predicted octanol–water partition coefficient (Wildman–Crippen LogP) is 2.44. The Bertz CT molecular complexity index is 223. The number of rotatable bonds is 3. The topological polar surface area (TPSA) is 12.0 Å². The molecule has 1 rings (SSSR count). The van der Waals surface area contributed by atoms with Crippen LogP contribution in [-0.4, -0.2) is 5.45 Å². The molecule has 1 aromatic rings. The van der Waals surface area contributed by atoms with E-state index in [4.69, 9.17) is 0 Å². The van der Waals surface area contributed by atoms with Crippen LogP contribution in [0.5, 0.6) is 0 Å². The van der Waals surface area contributed by atoms with E-state index in [1.807, 2.05) is 0 Å². The summed E-state index contributed by atoms with van der Waals surface area (Å²) >= 11 is 3.31. The van der Waals surface area contributed by atoms with E-state index < -0.39 is 0 Å². The van der Waals surface area contributed by atoms with E-state index >= 15 is 0 Å². The molecule has 0 aliphatic heterocycles. The molecule has 0 aromatic heterocycles. The fourth-order valence-corrected chi connectivity index (χ4v) is 1.21. The lowest BCUT2D eigenvalue weighted by atomic mass is 10.1. The Balaban J connectivity index is 2.56. The lowest BCUT2D eigenvalue weighted by molar-refractivity contribution is 0.801. The number of nitrogens with one attached hydrogen (secondary N) is 1. The first-order chi connectivity index (χ1) is 5.33. The van der Waals surface area contributed by atoms with Gasteiger partial charge in [0.2, 0.25) is 0 Å². The van der Waals surface area contributed by atoms with Gasteiger partial charge in [0.1, 0.15) is 0 Å². The van der Waals surface area contributed by atoms with Crippen LogP contribution in [0.2, 0.25) is 0 Å². The summed E-state index contributed by atoms with van der Waals surface area (Å²) in [4.78, 5) is 0. The quantitative estimate of drug-likeness (QED) is 0.601. The first-order valence-corrected chi connectivity index (χ1v) is 4.77. The second-order valence-corrected chi connectivity index (χ2v) is 3.11. The molecule has 1 aromatic carbocycles. The van der Waals surface area contributed by atoms with Crippen LogP contribution in [-0.2, 0) is 6.54 Å². The minimum absolute atomic E-state index is 0.848. The van der Waals surface area contributed by atoms with Crippen molar-refractivity contribution in [1.29, 1.82) is 0 Å². The van der Waals surface area contributed by atoms with Crippen molar-refractivity contribution in [3.63, 3.8) is 0 Å². The number of benzene rings is 1. The first-order valence-electron chi connectivity index (χ1n) is 3.65. The molecule has 0 radical (unpaired) electrons. The molecule has 0 aliphatic carbocycles. The summed E-state index contributed by atoms with van der Waals surface area (Å²) < 4.78 is 0. The maximum Gasteiger partial charge on any atom is 0.0519 e. The van der Waals surface area contributed by atoms with Crippen LogP contribution in [0.15, 0.2) is 24.3 Å². The van der Waals surface area contributed by atoms with Gasteiger partial charge in [-0.25, -0.2) is 0 Å². The van der Waals surface area contributed by atoms with Crippen LogP contribution in [0.3, 0.4) is 0 Å². The van der Waals surface area contributed by atoms with Gasteiger partial charge in [0.15, 0.2) is 0 Å². The standard InChI is InChI=1S/C9H12BrN/c1-8-3-2-4-9(5-8)6-11-7-10/h2-5,11H,6-7H2,1H3. The van der Waals surface area contributed by atoms with Crippen molar-refractivity contribution in [2.45, 2.75) is 13.5 Å². The van der Waals surface area contributed by atoms with Crippen molar-refractivity contribution in [2.24, 2.45) is 0 Å². The van der Waals surface area contributed by atoms with Gasteiger partial charge in [-0.05, 0) is 12.5 Å². The van der Waals surface area contributed by atoms with Gasteiger partial charge < -0.3 is 5.32 Å². The van der Waals surface area contributed by atoms with Crippen molar-refractivity contribution in [3.8, 4) is 0 Å². The average molecular weight is 214 g/mol. The van der Waals surface area contributed by atoms with Crippen LogP contribution in [0.1, 0.15) is 11.1 Å². The minimum Gasteiger partial charge on any atom is -0.303 e. The summed E-state index contributed by atoms with van der Waals surface area (Å²) in [6, 6.07) is 8.51. The van der Waals surface area contributed by atoms with Gasteiger partial charge in [-0.3, -0.25) is 0 Å². The molecule has 0 saturated carbocycles. The Morgan fingerprint density at radius 3 is 2.91 bits per heavy atom. The van der Waals surface area contributed by atoms with E-state index in [1.165, 1.54) is 11.1 Å². The van der Waals surface area contributed by atoms with E-state index in [-0.39, 0.29) is 0 Å². The summed E-state index contributed by atoms with van der Waals surface area (Å²) in [7, 11) is 0. The van der Waals surface area contributed by atoms with Crippen molar-refractivity contribution in [2.75, 3.05) is 5.45 Å². The van der Waals surface area contributed by atoms with Gasteiger partial charge in [-0.15, -0.1) is 0 Å². The molecule has 11 heavy (non-hydrogen) atoms. The van der Waals surface area contributed by atoms with E-state index in [1.54, 1.807) is 0 Å². The van der Waals surface area contributed by atoms with Crippen molar-refractivity contribution >= 4 is 15.9 Å². The highest BCUT2D eigenvalue weighted by molar-refractivity contribution is 9.09. The van der Waals surface area contributed by atoms with Crippen LogP contribution in [0, 0.1) is 6.92 Å². The number of alkyl halides is 1. The molecule has 0 amide bonds. The number of aryl methyl sites for hydroxylation is 1. The highest BCUT2D eigenvalue weighted by Crippen LogP contribution is 2.02. The number of hydrogen-bond donors (Lipinski definition) is 1. The Morgan fingerprint density at radius 2 is 2.27 bits per heavy atom. The van der Waals surface area contributed by atoms with Crippen LogP contribution >= 0.6 is 15.9 Å². The van der Waals surface area contributed by atoms with Gasteiger partial charge in [0.05, 0.1) is 5.45 Å². The van der Waals surface area contributed by atoms with Crippen LogP contribution < -0.4 is 5.32 Å². The molecule has 1 nitrogen and oxygen atoms in total. The third-order valence-electron chi connectivity index (χ3n) is 1.51. The molecule has 0 fully saturated rings. The van der Waals surface area contributed by atoms with Crippen LogP contribution in [0.4, 0.5) is 0 Å². The van der Waals surface area contributed by atoms with E-state index in [0.29, 0.717) is 0 Å². The second-order valence-electron chi connectivity index (χ2n) is 2.55. The molecule has 0 bridgehead atoms. The molecular weight excluding hydrogens is 202 g/mol. The lowest BCUT2D eigenvalue weighted by Gasteiger charge is -2.01. The molecule has 60 valence electrons. The SMILES string of the molecule is Cc1cccc(CNCBr)c1. The Morgan fingerprint density at radius 1 is 1.45 bits per heavy atom. The van der Waals surface area contributed by atoms with E-state index in [0.717, 1.165) is 12.0 Å². The summed E-state index contributed by atoms with van der Waals surface area (Å²) in [6.45, 7) is 3.05. The molecule has 0 atom stereocenters. The van der Waals surface area contributed by atoms with Crippen molar-refractivity contribution in [3.05, 3.63) is 35.4 Å². The molecule has 0 unspecified atom stereocenters. The largest absolute Gasteiger partial charge is 0.303 e. The van der Waals surface area contributed by atoms with Gasteiger partial charge in [-0.1, -0.05) is 45.8 Å². The maximum absolute atomic E-state index is 3.31. The van der Waals surface area contributed by atoms with Gasteiger partial charge in [0, 0.05) is 6.54 Å². The Kier molecular flexibility index (Phi) is 3.60. The fourth-order valence-electron chi connectivity index (χ4n) is 1.01. The fraction of sp³-hybridized carbons (Fsp3) is 0.333. The maximum atomic E-state index is 3.31. The zero-order valence-electron chi connectivity index (χ0n) is 6.60. The van der Waals surface area contributed by atoms with Gasteiger partial charge in [-0.2, -0.15) is 0 Å². The lowest BCUT2D eigenvalue weighted by Crippen LogP contribution is -2.09. The molecule has 2 heteroatoms. The third kappa shape index (κ3) is 3.04. The summed E-state index contributed by atoms with van der Waals surface area (Å²) in [5.74, 6) is 0. The molecule has 0 aliphatic rings. The number of halogens is 1. The highest BCUT2D eigenvalue weighted by atomic mass is 79.9. The van der Waals surface area contributed by atoms with Crippen LogP contribution in [0.25, 0.3) is 0 Å². The van der Waals surface area contributed by atoms with Crippen molar-refractivity contribution in [1.82, 2.24) is 5.32 Å². The average Bonchev–Trinajstić information content (AvgIpc) is 2.01. The summed E-state index contributed by atoms with van der Waals surface area (Å²) in [5, 5.41) is 3.21. The van der Waals surface area contributed by atoms with Crippen molar-refractivity contribution < 1.29 is 0 Å². The minimum atomic E-state index is 0.848. The summed E-state index contributed by atoms with van der Waals surface area (Å²) in [6.07, 6.45) is 0. The first kappa shape index (κ1) is 8.75. The summed E-state index contributed by atoms with van der Waals surface area (Å²) in [5.41, 5.74) is 3.50. The molecule has 0 saturated heterocycles. The predicted molar refractivity (Wildman–Crippen MR) is 51.8 cm³/mol. The van der Waals surface area contributed by atoms with Gasteiger partial charge >= 0.3 is 0 Å².